The van der Waals surface area contributed by atoms with Crippen LogP contribution in [0.1, 0.15) is 89.0 Å². The molecule has 8 nitrogen and oxygen atoms in total. The molecule has 0 radical (unpaired) electrons. The summed E-state index contributed by atoms with van der Waals surface area (Å²) in [6.07, 6.45) is 0. The molecule has 0 atom stereocenters. The van der Waals surface area contributed by atoms with Crippen LogP contribution in [0.3, 0.4) is 0 Å². The van der Waals surface area contributed by atoms with Crippen molar-refractivity contribution < 1.29 is 23.7 Å². The molecule has 8 bridgehead atoms. The van der Waals surface area contributed by atoms with Crippen LogP contribution in [0.2, 0.25) is 0 Å². The summed E-state index contributed by atoms with van der Waals surface area (Å²) in [6, 6.07) is 2.17. The van der Waals surface area contributed by atoms with Crippen molar-refractivity contribution in [1.82, 2.24) is 34.9 Å². The first-order valence-electron chi connectivity index (χ1n) is 19.9. The summed E-state index contributed by atoms with van der Waals surface area (Å²) in [7, 11) is 0. The van der Waals surface area contributed by atoms with E-state index in [1.165, 1.54) is 66.8 Å². The summed E-state index contributed by atoms with van der Waals surface area (Å²) in [6.45, 7) is 35.1. The Bertz CT molecular complexity index is 2800. The number of nitrogens with zero attached hydrogens (tertiary/aromatic N) is 7. The van der Waals surface area contributed by atoms with Crippen LogP contribution in [-0.2, 0) is 23.7 Å². The fraction of sp³-hybridized carbons (Fsp3) is 0.327. The Labute approximate surface area is 352 Å². The summed E-state index contributed by atoms with van der Waals surface area (Å²) in [4.78, 5) is 37.8. The van der Waals surface area contributed by atoms with Crippen LogP contribution >= 0.6 is 0 Å². The Balaban J connectivity index is 0.00000231. The maximum atomic E-state index is 8.25. The molecular formula is C49H49N7OTi. The van der Waals surface area contributed by atoms with Crippen molar-refractivity contribution in [2.24, 2.45) is 0 Å². The Hall–Kier alpha value is -5.18. The molecule has 0 fully saturated rings. The van der Waals surface area contributed by atoms with Crippen molar-refractivity contribution in [2.75, 3.05) is 0 Å². The van der Waals surface area contributed by atoms with Crippen LogP contribution in [0, 0.1) is 111 Å². The minimum absolute atomic E-state index is 0.620. The van der Waals surface area contributed by atoms with E-state index in [0.717, 1.165) is 97.7 Å². The number of rotatable bonds is 0. The second-order valence-corrected chi connectivity index (χ2v) is 16.6. The standard InChI is InChI=1S/C49H49N7.O.Ti/c1-18-20(3)28(11)38-36(26(18)9)34-17-35-37-27(10)19(2)21(4)29(12)39(37)45(51-35)53-47-41-31(14)23(6)25(8)33(16)43(41)49(55-47)56-48-42-32(15)24(7)22(5)30(13)40(42)46(54-48)52-44(38)50-34;;/h17H,1-16H3;;/q-2;;+2. The third-order valence-electron chi connectivity index (χ3n) is 14.4. The molecule has 9 rings (SSSR count). The van der Waals surface area contributed by atoms with E-state index in [2.05, 4.69) is 117 Å². The summed E-state index contributed by atoms with van der Waals surface area (Å²) in [5.41, 5.74) is 27.2. The van der Waals surface area contributed by atoms with Crippen LogP contribution in [-0.4, -0.2) is 24.9 Å². The zero-order valence-electron chi connectivity index (χ0n) is 36.6. The summed E-state index contributed by atoms with van der Waals surface area (Å²) >= 11 is 0.750. The van der Waals surface area contributed by atoms with Crippen molar-refractivity contribution in [2.45, 2.75) is 111 Å². The molecule has 0 aliphatic carbocycles. The van der Waals surface area contributed by atoms with Gasteiger partial charge < -0.3 is 24.9 Å². The topological polar surface area (TPSA) is 110 Å². The fourth-order valence-electron chi connectivity index (χ4n) is 9.57. The van der Waals surface area contributed by atoms with Crippen molar-refractivity contribution in [3.05, 3.63) is 95.1 Å². The molecule has 0 saturated heterocycles. The molecule has 9 heteroatoms. The van der Waals surface area contributed by atoms with Gasteiger partial charge in [0, 0.05) is 33.5 Å². The zero-order chi connectivity index (χ0) is 42.1. The number of aromatic nitrogens is 7. The number of benzene rings is 4. The molecular weight excluding hydrogens is 750 g/mol. The van der Waals surface area contributed by atoms with Crippen LogP contribution in [0.15, 0.2) is 6.07 Å². The van der Waals surface area contributed by atoms with Gasteiger partial charge in [-0.2, -0.15) is 0 Å². The first-order valence-corrected chi connectivity index (χ1v) is 20.5. The van der Waals surface area contributed by atoms with E-state index >= 15 is 0 Å². The summed E-state index contributed by atoms with van der Waals surface area (Å²) < 4.78 is 8.25. The summed E-state index contributed by atoms with van der Waals surface area (Å²) in [5.74, 6) is 1.92. The van der Waals surface area contributed by atoms with Gasteiger partial charge in [0.25, 0.3) is 0 Å². The first-order chi connectivity index (χ1) is 27.4. The van der Waals surface area contributed by atoms with E-state index in [-0.39, 0.29) is 0 Å². The average Bonchev–Trinajstić information content (AvgIpc) is 3.96. The Kier molecular flexibility index (Phi) is 9.37. The second kappa shape index (κ2) is 13.7. The van der Waals surface area contributed by atoms with Crippen molar-refractivity contribution in [1.29, 1.82) is 0 Å². The fourth-order valence-corrected chi connectivity index (χ4v) is 9.57. The third-order valence-corrected chi connectivity index (χ3v) is 14.4. The van der Waals surface area contributed by atoms with Crippen LogP contribution in [0.4, 0.5) is 0 Å². The number of hydrogen-bond donors (Lipinski definition) is 0. The number of hydrogen-bond acceptors (Lipinski definition) is 6. The minimum atomic E-state index is 0.620. The van der Waals surface area contributed by atoms with Gasteiger partial charge in [-0.15, -0.1) is 0 Å². The van der Waals surface area contributed by atoms with Crippen LogP contribution in [0.25, 0.3) is 89.4 Å². The Morgan fingerprint density at radius 1 is 0.328 bits per heavy atom. The van der Waals surface area contributed by atoms with Crippen LogP contribution in [0.5, 0.6) is 0 Å². The van der Waals surface area contributed by atoms with Crippen LogP contribution < -0.4 is 9.97 Å². The molecule has 0 N–H and O–H groups in total. The molecule has 0 spiro atoms. The zero-order valence-corrected chi connectivity index (χ0v) is 38.2. The normalized spacial score (nSPS) is 12.0. The van der Waals surface area contributed by atoms with Crippen molar-refractivity contribution >= 4 is 44.0 Å². The molecule has 2 aliphatic heterocycles. The van der Waals surface area contributed by atoms with E-state index in [1.807, 2.05) is 0 Å². The van der Waals surface area contributed by atoms with Gasteiger partial charge in [-0.1, -0.05) is 0 Å². The van der Waals surface area contributed by atoms with E-state index in [1.54, 1.807) is 0 Å². The molecule has 58 heavy (non-hydrogen) atoms. The Morgan fingerprint density at radius 3 is 1.03 bits per heavy atom. The molecule has 290 valence electrons. The van der Waals surface area contributed by atoms with E-state index < -0.39 is 0 Å². The van der Waals surface area contributed by atoms with Crippen molar-refractivity contribution in [3.63, 3.8) is 0 Å². The molecule has 3 aromatic heterocycles. The molecule has 0 unspecified atom stereocenters. The van der Waals surface area contributed by atoms with Gasteiger partial charge in [0.05, 0.1) is 23.2 Å². The molecule has 5 heterocycles. The predicted molar refractivity (Wildman–Crippen MR) is 233 cm³/mol. The van der Waals surface area contributed by atoms with Gasteiger partial charge in [0.15, 0.2) is 0 Å². The van der Waals surface area contributed by atoms with E-state index in [9.17, 15) is 0 Å². The van der Waals surface area contributed by atoms with E-state index in [4.69, 9.17) is 38.2 Å². The van der Waals surface area contributed by atoms with E-state index in [0.29, 0.717) is 34.4 Å². The molecule has 0 amide bonds. The first kappa shape index (κ1) is 39.6. The monoisotopic (exact) mass is 799 g/mol. The quantitative estimate of drug-likeness (QED) is 0.139. The molecule has 0 saturated carbocycles. The molecule has 4 aromatic carbocycles. The van der Waals surface area contributed by atoms with Gasteiger partial charge in [0.2, 0.25) is 0 Å². The average molecular weight is 800 g/mol. The maximum absolute atomic E-state index is 8.25. The molecule has 7 aromatic rings. The Morgan fingerprint density at radius 2 is 0.621 bits per heavy atom. The van der Waals surface area contributed by atoms with Gasteiger partial charge in [-0.05, 0) is 239 Å². The number of fused-ring (bicyclic) bond motifs is 20. The predicted octanol–water partition coefficient (Wildman–Crippen LogP) is 11.5. The molecule has 2 aliphatic rings. The van der Waals surface area contributed by atoms with Gasteiger partial charge in [-0.3, -0.25) is 0 Å². The summed E-state index contributed by atoms with van der Waals surface area (Å²) in [5, 5.41) is 4.18. The van der Waals surface area contributed by atoms with Gasteiger partial charge in [0.1, 0.15) is 0 Å². The third kappa shape index (κ3) is 5.26. The van der Waals surface area contributed by atoms with Gasteiger partial charge in [-0.25, -0.2) is 9.97 Å². The second-order valence-electron chi connectivity index (χ2n) is 16.6. The van der Waals surface area contributed by atoms with Gasteiger partial charge >= 0.3 is 23.7 Å². The number of aryl methyl sites for hydroxylation is 4. The van der Waals surface area contributed by atoms with Crippen molar-refractivity contribution in [3.8, 4) is 45.4 Å². The SMILES string of the molecule is Cc1c(C)c(C)c2c(c1C)-c1cc3[n-]c(nc4nc(nc5[n-]c(nc-2n1)c1c(C)c(C)c(C)c(C)c51)-c1c(C)c(C)c(C)c(C)c1-4)c1c(C)c(C)c(C)c(C)c31.[O]=[Ti+2].